The lowest BCUT2D eigenvalue weighted by Gasteiger charge is -2.28. The number of aryl methyl sites for hydroxylation is 1. The summed E-state index contributed by atoms with van der Waals surface area (Å²) < 4.78 is 13.4. The van der Waals surface area contributed by atoms with Crippen LogP contribution >= 0.6 is 11.6 Å². The Kier molecular flexibility index (Phi) is 3.38. The number of hydrogen-bond acceptors (Lipinski definition) is 2. The van der Waals surface area contributed by atoms with Crippen molar-refractivity contribution in [3.8, 4) is 0 Å². The third-order valence-corrected chi connectivity index (χ3v) is 2.74. The Morgan fingerprint density at radius 2 is 1.93 bits per heavy atom. The van der Waals surface area contributed by atoms with Crippen LogP contribution in [0.25, 0.3) is 0 Å². The molecule has 0 radical (unpaired) electrons. The summed E-state index contributed by atoms with van der Waals surface area (Å²) in [6.45, 7) is 5.22. The molecule has 0 aliphatic carbocycles. The first-order valence-corrected chi connectivity index (χ1v) is 5.11. The fraction of sp³-hybridized carbons (Fsp3) is 0.455. The second-order valence-electron chi connectivity index (χ2n) is 4.42. The first-order valence-electron chi connectivity index (χ1n) is 4.73. The summed E-state index contributed by atoms with van der Waals surface area (Å²) in [5.74, 6) is -0.311. The lowest BCUT2D eigenvalue weighted by Crippen LogP contribution is -2.44. The zero-order chi connectivity index (χ0) is 11.8. The van der Waals surface area contributed by atoms with Gasteiger partial charge in [-0.05, 0) is 44.0 Å². The zero-order valence-corrected chi connectivity index (χ0v) is 9.90. The molecule has 1 atom stereocenters. The molecule has 0 aliphatic rings. The molecule has 0 spiro atoms. The number of hydrogen-bond donors (Lipinski definition) is 2. The summed E-state index contributed by atoms with van der Waals surface area (Å²) >= 11 is 6.00. The average molecular weight is 231 g/mol. The molecule has 0 heterocycles. The van der Waals surface area contributed by atoms with E-state index in [1.165, 1.54) is 6.07 Å². The van der Waals surface area contributed by atoms with Crippen LogP contribution in [-0.4, -0.2) is 5.54 Å². The monoisotopic (exact) mass is 230 g/mol. The van der Waals surface area contributed by atoms with Crippen molar-refractivity contribution in [2.24, 2.45) is 11.5 Å². The summed E-state index contributed by atoms with van der Waals surface area (Å²) in [4.78, 5) is 0. The molecule has 0 saturated carbocycles. The molecule has 1 rings (SSSR count). The van der Waals surface area contributed by atoms with Crippen LogP contribution in [0.15, 0.2) is 12.1 Å². The SMILES string of the molecule is Cc1cc(Cl)c(C(N)C(C)(C)N)cc1F. The molecule has 84 valence electrons. The Balaban J connectivity index is 3.21. The molecule has 1 aromatic rings. The molecule has 0 fully saturated rings. The van der Waals surface area contributed by atoms with E-state index in [2.05, 4.69) is 0 Å². The maximum atomic E-state index is 13.4. The van der Waals surface area contributed by atoms with Crippen molar-refractivity contribution in [1.82, 2.24) is 0 Å². The van der Waals surface area contributed by atoms with Gasteiger partial charge in [-0.3, -0.25) is 0 Å². The smallest absolute Gasteiger partial charge is 0.126 e. The third kappa shape index (κ3) is 2.68. The van der Waals surface area contributed by atoms with Gasteiger partial charge in [0.25, 0.3) is 0 Å². The van der Waals surface area contributed by atoms with Crippen LogP contribution in [-0.2, 0) is 0 Å². The molecule has 15 heavy (non-hydrogen) atoms. The number of rotatable bonds is 2. The third-order valence-electron chi connectivity index (χ3n) is 2.41. The summed E-state index contributed by atoms with van der Waals surface area (Å²) in [5, 5.41) is 0.458. The Morgan fingerprint density at radius 3 is 2.40 bits per heavy atom. The number of halogens is 2. The maximum Gasteiger partial charge on any atom is 0.126 e. The van der Waals surface area contributed by atoms with Crippen LogP contribution in [0.1, 0.15) is 31.0 Å². The number of benzene rings is 1. The van der Waals surface area contributed by atoms with Crippen LogP contribution in [0.3, 0.4) is 0 Å². The van der Waals surface area contributed by atoms with E-state index in [0.29, 0.717) is 16.1 Å². The van der Waals surface area contributed by atoms with Gasteiger partial charge in [-0.1, -0.05) is 11.6 Å². The van der Waals surface area contributed by atoms with Crippen molar-refractivity contribution >= 4 is 11.6 Å². The fourth-order valence-corrected chi connectivity index (χ4v) is 1.64. The van der Waals surface area contributed by atoms with Crippen molar-refractivity contribution in [2.75, 3.05) is 0 Å². The molecule has 4 heteroatoms. The summed E-state index contributed by atoms with van der Waals surface area (Å²) in [6.07, 6.45) is 0. The van der Waals surface area contributed by atoms with E-state index in [9.17, 15) is 4.39 Å². The van der Waals surface area contributed by atoms with Gasteiger partial charge in [-0.15, -0.1) is 0 Å². The minimum absolute atomic E-state index is 0.311. The molecule has 0 saturated heterocycles. The topological polar surface area (TPSA) is 52.0 Å². The molecule has 1 aromatic carbocycles. The van der Waals surface area contributed by atoms with Gasteiger partial charge in [0.05, 0.1) is 0 Å². The Bertz CT molecular complexity index is 372. The molecular weight excluding hydrogens is 215 g/mol. The van der Waals surface area contributed by atoms with E-state index >= 15 is 0 Å². The van der Waals surface area contributed by atoms with Gasteiger partial charge in [0.2, 0.25) is 0 Å². The van der Waals surface area contributed by atoms with E-state index in [1.54, 1.807) is 26.8 Å². The van der Waals surface area contributed by atoms with E-state index < -0.39 is 11.6 Å². The first-order chi connectivity index (χ1) is 6.73. The average Bonchev–Trinajstić information content (AvgIpc) is 2.08. The van der Waals surface area contributed by atoms with Crippen molar-refractivity contribution < 1.29 is 4.39 Å². The lowest BCUT2D eigenvalue weighted by molar-refractivity contribution is 0.419. The minimum Gasteiger partial charge on any atom is -0.324 e. The molecule has 0 amide bonds. The predicted octanol–water partition coefficient (Wildman–Crippen LogP) is 2.52. The normalized spacial score (nSPS) is 14.1. The quantitative estimate of drug-likeness (QED) is 0.820. The molecule has 1 unspecified atom stereocenters. The highest BCUT2D eigenvalue weighted by atomic mass is 35.5. The van der Waals surface area contributed by atoms with Gasteiger partial charge in [0.1, 0.15) is 5.82 Å². The molecule has 0 bridgehead atoms. The van der Waals surface area contributed by atoms with E-state index in [4.69, 9.17) is 23.1 Å². The lowest BCUT2D eigenvalue weighted by atomic mass is 9.90. The van der Waals surface area contributed by atoms with Gasteiger partial charge in [-0.25, -0.2) is 4.39 Å². The molecular formula is C11H16ClFN2. The van der Waals surface area contributed by atoms with E-state index in [0.717, 1.165) is 0 Å². The maximum absolute atomic E-state index is 13.4. The van der Waals surface area contributed by atoms with Crippen LogP contribution in [0.5, 0.6) is 0 Å². The van der Waals surface area contributed by atoms with Crippen molar-refractivity contribution in [3.63, 3.8) is 0 Å². The van der Waals surface area contributed by atoms with E-state index in [-0.39, 0.29) is 5.82 Å². The Morgan fingerprint density at radius 1 is 1.40 bits per heavy atom. The first kappa shape index (κ1) is 12.4. The van der Waals surface area contributed by atoms with Crippen LogP contribution in [0.4, 0.5) is 4.39 Å². The van der Waals surface area contributed by atoms with Gasteiger partial charge in [0, 0.05) is 16.6 Å². The fourth-order valence-electron chi connectivity index (χ4n) is 1.30. The standard InChI is InChI=1S/C11H16ClFN2/c1-6-4-8(12)7(5-9(6)13)10(14)11(2,3)15/h4-5,10H,14-15H2,1-3H3. The summed E-state index contributed by atoms with van der Waals surface area (Å²) in [6, 6.07) is 2.44. The summed E-state index contributed by atoms with van der Waals surface area (Å²) in [5.41, 5.74) is 12.2. The molecule has 2 nitrogen and oxygen atoms in total. The van der Waals surface area contributed by atoms with Crippen molar-refractivity contribution in [3.05, 3.63) is 34.1 Å². The second-order valence-corrected chi connectivity index (χ2v) is 4.83. The van der Waals surface area contributed by atoms with Crippen molar-refractivity contribution in [1.29, 1.82) is 0 Å². The predicted molar refractivity (Wildman–Crippen MR) is 61.3 cm³/mol. The highest BCUT2D eigenvalue weighted by Gasteiger charge is 2.25. The summed E-state index contributed by atoms with van der Waals surface area (Å²) in [7, 11) is 0. The van der Waals surface area contributed by atoms with Gasteiger partial charge in [-0.2, -0.15) is 0 Å². The molecule has 0 aliphatic heterocycles. The van der Waals surface area contributed by atoms with Gasteiger partial charge < -0.3 is 11.5 Å². The second kappa shape index (κ2) is 4.08. The van der Waals surface area contributed by atoms with Gasteiger partial charge >= 0.3 is 0 Å². The van der Waals surface area contributed by atoms with Crippen LogP contribution in [0, 0.1) is 12.7 Å². The van der Waals surface area contributed by atoms with Gasteiger partial charge in [0.15, 0.2) is 0 Å². The van der Waals surface area contributed by atoms with Crippen LogP contribution < -0.4 is 11.5 Å². The van der Waals surface area contributed by atoms with Crippen molar-refractivity contribution in [2.45, 2.75) is 32.4 Å². The zero-order valence-electron chi connectivity index (χ0n) is 9.14. The Hall–Kier alpha value is -0.640. The van der Waals surface area contributed by atoms with Crippen LogP contribution in [0.2, 0.25) is 5.02 Å². The number of nitrogens with two attached hydrogens (primary N) is 2. The molecule has 4 N–H and O–H groups in total. The Labute approximate surface area is 94.4 Å². The highest BCUT2D eigenvalue weighted by Crippen LogP contribution is 2.29. The van der Waals surface area contributed by atoms with E-state index in [1.807, 2.05) is 0 Å². The molecule has 0 aromatic heterocycles. The largest absolute Gasteiger partial charge is 0.324 e. The highest BCUT2D eigenvalue weighted by molar-refractivity contribution is 6.31. The minimum atomic E-state index is -0.634.